The van der Waals surface area contributed by atoms with Crippen LogP contribution in [0, 0.1) is 20.8 Å². The van der Waals surface area contributed by atoms with Crippen LogP contribution >= 0.6 is 0 Å². The summed E-state index contributed by atoms with van der Waals surface area (Å²) in [6.45, 7) is 8.94. The smallest absolute Gasteiger partial charge is 0.339 e. The molecule has 0 heterocycles. The highest BCUT2D eigenvalue weighted by atomic mass is 16.5. The van der Waals surface area contributed by atoms with E-state index in [0.717, 1.165) is 27.7 Å². The van der Waals surface area contributed by atoms with Crippen LogP contribution < -0.4 is 0 Å². The van der Waals surface area contributed by atoms with Crippen molar-refractivity contribution in [3.8, 4) is 0 Å². The van der Waals surface area contributed by atoms with Crippen molar-refractivity contribution in [2.45, 2.75) is 71.9 Å². The zero-order valence-electron chi connectivity index (χ0n) is 16.3. The summed E-state index contributed by atoms with van der Waals surface area (Å²) in [5.74, 6) is -0.179. The number of benzene rings is 1. The molecular weight excluding hydrogens is 298 g/mol. The summed E-state index contributed by atoms with van der Waals surface area (Å²) >= 11 is 0. The molecule has 134 valence electrons. The van der Waals surface area contributed by atoms with E-state index >= 15 is 0 Å². The van der Waals surface area contributed by atoms with Crippen LogP contribution in [0.5, 0.6) is 0 Å². The van der Waals surface area contributed by atoms with E-state index in [1.807, 2.05) is 20.8 Å². The van der Waals surface area contributed by atoms with Gasteiger partial charge >= 0.3 is 5.97 Å². The minimum atomic E-state index is -0.179. The lowest BCUT2D eigenvalue weighted by molar-refractivity contribution is -0.918. The minimum absolute atomic E-state index is 0.0745. The number of quaternary nitrogens is 1. The molecule has 0 amide bonds. The van der Waals surface area contributed by atoms with Gasteiger partial charge < -0.3 is 9.22 Å². The molecule has 1 atom stereocenters. The van der Waals surface area contributed by atoms with E-state index < -0.39 is 0 Å². The summed E-state index contributed by atoms with van der Waals surface area (Å²) < 4.78 is 6.75. The van der Waals surface area contributed by atoms with E-state index in [0.29, 0.717) is 6.04 Å². The maximum atomic E-state index is 12.6. The van der Waals surface area contributed by atoms with E-state index in [9.17, 15) is 4.79 Å². The molecule has 24 heavy (non-hydrogen) atoms. The molecule has 0 aliphatic heterocycles. The lowest BCUT2D eigenvalue weighted by atomic mass is 9.93. The molecule has 1 aromatic rings. The first-order valence-electron chi connectivity index (χ1n) is 9.32. The summed E-state index contributed by atoms with van der Waals surface area (Å²) in [4.78, 5) is 12.6. The molecular formula is C21H34NO2+. The highest BCUT2D eigenvalue weighted by Gasteiger charge is 2.32. The van der Waals surface area contributed by atoms with Gasteiger partial charge in [0.2, 0.25) is 0 Å². The summed E-state index contributed by atoms with van der Waals surface area (Å²) in [5.41, 5.74) is 3.93. The molecule has 0 N–H and O–H groups in total. The largest absolute Gasteiger partial charge is 0.453 e. The quantitative estimate of drug-likeness (QED) is 0.583. The monoisotopic (exact) mass is 332 g/mol. The Morgan fingerprint density at radius 3 is 2.21 bits per heavy atom. The number of aryl methyl sites for hydroxylation is 3. The zero-order chi connectivity index (χ0) is 17.9. The third-order valence-corrected chi connectivity index (χ3v) is 5.48. The molecule has 0 aromatic heterocycles. The van der Waals surface area contributed by atoms with Crippen molar-refractivity contribution < 1.29 is 14.0 Å². The summed E-state index contributed by atoms with van der Waals surface area (Å²) in [5, 5.41) is 0. The molecule has 0 spiro atoms. The third kappa shape index (κ3) is 4.60. The van der Waals surface area contributed by atoms with Gasteiger partial charge in [0.25, 0.3) is 0 Å². The fourth-order valence-corrected chi connectivity index (χ4v) is 4.37. The fraction of sp³-hybridized carbons (Fsp3) is 0.667. The molecule has 0 bridgehead atoms. The van der Waals surface area contributed by atoms with Gasteiger partial charge in [-0.05, 0) is 64.5 Å². The molecule has 1 fully saturated rings. The Morgan fingerprint density at radius 1 is 1.12 bits per heavy atom. The van der Waals surface area contributed by atoms with Gasteiger partial charge in [0.1, 0.15) is 12.6 Å². The molecule has 1 aliphatic carbocycles. The van der Waals surface area contributed by atoms with Gasteiger partial charge in [-0.2, -0.15) is 0 Å². The van der Waals surface area contributed by atoms with Gasteiger partial charge in [0.05, 0.1) is 25.7 Å². The van der Waals surface area contributed by atoms with Crippen molar-refractivity contribution in [2.75, 3.05) is 20.6 Å². The molecule has 1 saturated carbocycles. The fourth-order valence-electron chi connectivity index (χ4n) is 4.37. The van der Waals surface area contributed by atoms with Crippen molar-refractivity contribution in [3.05, 3.63) is 34.4 Å². The molecule has 0 saturated heterocycles. The van der Waals surface area contributed by atoms with E-state index in [-0.39, 0.29) is 12.1 Å². The second-order valence-electron chi connectivity index (χ2n) is 8.24. The molecule has 3 heteroatoms. The van der Waals surface area contributed by atoms with Crippen molar-refractivity contribution in [1.82, 2.24) is 0 Å². The van der Waals surface area contributed by atoms with E-state index in [4.69, 9.17) is 4.74 Å². The molecule has 2 rings (SSSR count). The van der Waals surface area contributed by atoms with Gasteiger partial charge in [0, 0.05) is 0 Å². The van der Waals surface area contributed by atoms with E-state index in [1.54, 1.807) is 0 Å². The SMILES string of the molecule is Cc1cc(C)c(C(=O)OC(C)C[N+](C)(C)C2CCCCC2)c(C)c1. The van der Waals surface area contributed by atoms with Gasteiger partial charge in [0.15, 0.2) is 0 Å². The van der Waals surface area contributed by atoms with Crippen LogP contribution in [0.15, 0.2) is 12.1 Å². The first-order chi connectivity index (χ1) is 11.2. The second kappa shape index (κ2) is 7.69. The van der Waals surface area contributed by atoms with Crippen LogP contribution in [-0.2, 0) is 4.74 Å². The normalized spacial score (nSPS) is 17.6. The Bertz CT molecular complexity index is 562. The number of ether oxygens (including phenoxy) is 1. The Balaban J connectivity index is 2.01. The first-order valence-corrected chi connectivity index (χ1v) is 9.32. The number of carbonyl (C=O) groups is 1. The predicted octanol–water partition coefficient (Wildman–Crippen LogP) is 4.57. The predicted molar refractivity (Wildman–Crippen MR) is 99.4 cm³/mol. The summed E-state index contributed by atoms with van der Waals surface area (Å²) in [6.07, 6.45) is 6.56. The van der Waals surface area contributed by atoms with Gasteiger partial charge in [-0.25, -0.2) is 4.79 Å². The van der Waals surface area contributed by atoms with Gasteiger partial charge in [-0.1, -0.05) is 24.1 Å². The topological polar surface area (TPSA) is 26.3 Å². The minimum Gasteiger partial charge on any atom is -0.453 e. The molecule has 0 radical (unpaired) electrons. The van der Waals surface area contributed by atoms with Crippen molar-refractivity contribution in [2.24, 2.45) is 0 Å². The molecule has 3 nitrogen and oxygen atoms in total. The van der Waals surface area contributed by atoms with Crippen LogP contribution in [0.3, 0.4) is 0 Å². The van der Waals surface area contributed by atoms with Crippen LogP contribution in [-0.4, -0.2) is 43.2 Å². The molecule has 1 aliphatic rings. The average Bonchev–Trinajstić information content (AvgIpc) is 2.46. The standard InChI is InChI=1S/C21H34NO2/c1-15-12-16(2)20(17(3)13-15)21(23)24-18(4)14-22(5,6)19-10-8-7-9-11-19/h12-13,18-19H,7-11,14H2,1-6H3/q+1. The van der Waals surface area contributed by atoms with Crippen molar-refractivity contribution in [3.63, 3.8) is 0 Å². The zero-order valence-corrected chi connectivity index (χ0v) is 16.3. The molecule has 1 unspecified atom stereocenters. The Kier molecular flexibility index (Phi) is 6.08. The number of hydrogen-bond acceptors (Lipinski definition) is 2. The number of carbonyl (C=O) groups excluding carboxylic acids is 1. The van der Waals surface area contributed by atoms with Crippen molar-refractivity contribution in [1.29, 1.82) is 0 Å². The Hall–Kier alpha value is -1.35. The van der Waals surface area contributed by atoms with Crippen LogP contribution in [0.2, 0.25) is 0 Å². The maximum Gasteiger partial charge on any atom is 0.339 e. The number of nitrogens with zero attached hydrogens (tertiary/aromatic N) is 1. The highest BCUT2D eigenvalue weighted by Crippen LogP contribution is 2.26. The Labute approximate surface area is 147 Å². The number of likely N-dealkylation sites (N-methyl/N-ethyl adjacent to an activating group) is 1. The maximum absolute atomic E-state index is 12.6. The summed E-state index contributed by atoms with van der Waals surface area (Å²) in [7, 11) is 4.56. The number of esters is 1. The highest BCUT2D eigenvalue weighted by molar-refractivity contribution is 5.92. The third-order valence-electron chi connectivity index (χ3n) is 5.48. The van der Waals surface area contributed by atoms with Crippen LogP contribution in [0.1, 0.15) is 66.1 Å². The van der Waals surface area contributed by atoms with Crippen molar-refractivity contribution >= 4 is 5.97 Å². The number of hydrogen-bond donors (Lipinski definition) is 0. The molecule has 1 aromatic carbocycles. The second-order valence-corrected chi connectivity index (χ2v) is 8.24. The Morgan fingerprint density at radius 2 is 1.67 bits per heavy atom. The van der Waals surface area contributed by atoms with Gasteiger partial charge in [-0.3, -0.25) is 0 Å². The van der Waals surface area contributed by atoms with Gasteiger partial charge in [-0.15, -0.1) is 0 Å². The average molecular weight is 333 g/mol. The van der Waals surface area contributed by atoms with E-state index in [2.05, 4.69) is 33.2 Å². The lowest BCUT2D eigenvalue weighted by Gasteiger charge is -2.41. The van der Waals surface area contributed by atoms with Crippen LogP contribution in [0.25, 0.3) is 0 Å². The summed E-state index contributed by atoms with van der Waals surface area (Å²) in [6, 6.07) is 4.80. The first kappa shape index (κ1) is 19.0. The number of rotatable bonds is 5. The van der Waals surface area contributed by atoms with E-state index in [1.165, 1.54) is 37.7 Å². The van der Waals surface area contributed by atoms with Crippen LogP contribution in [0.4, 0.5) is 0 Å². The lowest BCUT2D eigenvalue weighted by Crippen LogP contribution is -2.53.